The van der Waals surface area contributed by atoms with Gasteiger partial charge < -0.3 is 14.2 Å². The standard InChI is InChI=1S/C12H17IO5/c1-3-12(2,13)10(14)16-7-4-5-8-9(6-7)18-11(15)17-8/h7-9H,3-6H2,1-2H3. The van der Waals surface area contributed by atoms with Gasteiger partial charge in [-0.3, -0.25) is 4.79 Å². The van der Waals surface area contributed by atoms with Gasteiger partial charge in [-0.05, 0) is 26.2 Å². The molecule has 0 aromatic rings. The van der Waals surface area contributed by atoms with Crippen LogP contribution in [0.1, 0.15) is 39.5 Å². The van der Waals surface area contributed by atoms with E-state index >= 15 is 0 Å². The molecular weight excluding hydrogens is 351 g/mol. The SMILES string of the molecule is CCC(C)(I)C(=O)OC1CCC2OC(=O)OC2C1. The van der Waals surface area contributed by atoms with Crippen LogP contribution in [-0.4, -0.2) is 33.9 Å². The van der Waals surface area contributed by atoms with Crippen LogP contribution in [0.4, 0.5) is 4.79 Å². The highest BCUT2D eigenvalue weighted by Gasteiger charge is 2.43. The van der Waals surface area contributed by atoms with Gasteiger partial charge in [0.25, 0.3) is 0 Å². The molecule has 6 heteroatoms. The first-order valence-electron chi connectivity index (χ1n) is 6.19. The van der Waals surface area contributed by atoms with Crippen molar-refractivity contribution in [2.75, 3.05) is 0 Å². The van der Waals surface area contributed by atoms with Crippen molar-refractivity contribution in [3.05, 3.63) is 0 Å². The third-order valence-electron chi connectivity index (χ3n) is 3.54. The molecule has 102 valence electrons. The number of hydrogen-bond acceptors (Lipinski definition) is 5. The lowest BCUT2D eigenvalue weighted by Crippen LogP contribution is -2.39. The molecule has 4 atom stereocenters. The predicted octanol–water partition coefficient (Wildman–Crippen LogP) is 2.59. The molecule has 1 heterocycles. The molecule has 1 aliphatic heterocycles. The van der Waals surface area contributed by atoms with Gasteiger partial charge in [-0.25, -0.2) is 4.79 Å². The van der Waals surface area contributed by atoms with Gasteiger partial charge in [0.05, 0.1) is 0 Å². The van der Waals surface area contributed by atoms with Gasteiger partial charge in [0.1, 0.15) is 21.7 Å². The number of alkyl halides is 1. The van der Waals surface area contributed by atoms with Crippen LogP contribution in [0.5, 0.6) is 0 Å². The summed E-state index contributed by atoms with van der Waals surface area (Å²) in [5.74, 6) is -0.195. The van der Waals surface area contributed by atoms with Crippen molar-refractivity contribution in [2.45, 2.75) is 61.3 Å². The quantitative estimate of drug-likeness (QED) is 0.435. The largest absolute Gasteiger partial charge is 0.509 e. The minimum atomic E-state index is -0.607. The minimum Gasteiger partial charge on any atom is -0.461 e. The van der Waals surface area contributed by atoms with E-state index in [1.54, 1.807) is 0 Å². The molecule has 1 saturated heterocycles. The third kappa shape index (κ3) is 2.89. The normalized spacial score (nSPS) is 33.9. The highest BCUT2D eigenvalue weighted by Crippen LogP contribution is 2.33. The zero-order valence-corrected chi connectivity index (χ0v) is 12.6. The Balaban J connectivity index is 1.89. The summed E-state index contributed by atoms with van der Waals surface area (Å²) in [6.07, 6.45) is 1.48. The molecule has 0 aromatic carbocycles. The van der Waals surface area contributed by atoms with E-state index in [-0.39, 0.29) is 24.3 Å². The van der Waals surface area contributed by atoms with Crippen molar-refractivity contribution in [3.63, 3.8) is 0 Å². The van der Waals surface area contributed by atoms with Gasteiger partial charge in [-0.1, -0.05) is 29.5 Å². The van der Waals surface area contributed by atoms with Gasteiger partial charge in [0.15, 0.2) is 0 Å². The summed E-state index contributed by atoms with van der Waals surface area (Å²) in [4.78, 5) is 22.9. The fourth-order valence-corrected chi connectivity index (χ4v) is 2.25. The molecule has 0 radical (unpaired) electrons. The highest BCUT2D eigenvalue weighted by molar-refractivity contribution is 14.1. The number of ether oxygens (including phenoxy) is 3. The maximum absolute atomic E-state index is 12.0. The smallest absolute Gasteiger partial charge is 0.461 e. The lowest BCUT2D eigenvalue weighted by Gasteiger charge is -2.30. The summed E-state index contributed by atoms with van der Waals surface area (Å²) < 4.78 is 15.0. The van der Waals surface area contributed by atoms with Crippen molar-refractivity contribution >= 4 is 34.7 Å². The van der Waals surface area contributed by atoms with Gasteiger partial charge in [0, 0.05) is 6.42 Å². The highest BCUT2D eigenvalue weighted by atomic mass is 127. The van der Waals surface area contributed by atoms with Gasteiger partial charge in [0.2, 0.25) is 0 Å². The molecule has 1 saturated carbocycles. The fraction of sp³-hybridized carbons (Fsp3) is 0.833. The van der Waals surface area contributed by atoms with E-state index in [2.05, 4.69) is 22.6 Å². The Bertz CT molecular complexity index is 354. The maximum atomic E-state index is 12.0. The van der Waals surface area contributed by atoms with Crippen LogP contribution in [0, 0.1) is 0 Å². The number of carbonyl (C=O) groups excluding carboxylic acids is 2. The Labute approximate surface area is 120 Å². The first-order valence-corrected chi connectivity index (χ1v) is 7.27. The number of fused-ring (bicyclic) bond motifs is 1. The van der Waals surface area contributed by atoms with E-state index in [0.29, 0.717) is 12.8 Å². The molecule has 5 nitrogen and oxygen atoms in total. The average Bonchev–Trinajstić information content (AvgIpc) is 2.68. The lowest BCUT2D eigenvalue weighted by molar-refractivity contribution is -0.154. The second-order valence-corrected chi connectivity index (χ2v) is 7.33. The first-order chi connectivity index (χ1) is 8.42. The summed E-state index contributed by atoms with van der Waals surface area (Å²) in [6.45, 7) is 3.82. The van der Waals surface area contributed by atoms with Crippen LogP contribution < -0.4 is 0 Å². The lowest BCUT2D eigenvalue weighted by atomic mass is 9.92. The summed E-state index contributed by atoms with van der Waals surface area (Å²) in [6, 6.07) is 0. The maximum Gasteiger partial charge on any atom is 0.509 e. The van der Waals surface area contributed by atoms with E-state index in [4.69, 9.17) is 14.2 Å². The molecule has 0 aromatic heterocycles. The van der Waals surface area contributed by atoms with Crippen molar-refractivity contribution < 1.29 is 23.8 Å². The summed E-state index contributed by atoms with van der Waals surface area (Å²) in [5, 5.41) is 0. The molecule has 2 rings (SSSR count). The van der Waals surface area contributed by atoms with Crippen LogP contribution in [0.25, 0.3) is 0 Å². The van der Waals surface area contributed by atoms with Crippen LogP contribution >= 0.6 is 22.6 Å². The Kier molecular flexibility index (Phi) is 4.03. The number of halogens is 1. The molecule has 2 aliphatic rings. The Morgan fingerprint density at radius 3 is 2.78 bits per heavy atom. The van der Waals surface area contributed by atoms with E-state index < -0.39 is 9.58 Å². The summed E-state index contributed by atoms with van der Waals surface area (Å²) in [5.41, 5.74) is 0. The van der Waals surface area contributed by atoms with Gasteiger partial charge >= 0.3 is 12.1 Å². The molecule has 4 unspecified atom stereocenters. The predicted molar refractivity (Wildman–Crippen MR) is 71.6 cm³/mol. The van der Waals surface area contributed by atoms with E-state index in [1.807, 2.05) is 13.8 Å². The molecule has 0 bridgehead atoms. The topological polar surface area (TPSA) is 61.8 Å². The fourth-order valence-electron chi connectivity index (χ4n) is 2.12. The van der Waals surface area contributed by atoms with Crippen LogP contribution in [0.2, 0.25) is 0 Å². The van der Waals surface area contributed by atoms with E-state index in [1.165, 1.54) is 0 Å². The first kappa shape index (κ1) is 13.9. The number of rotatable bonds is 3. The molecule has 0 spiro atoms. The Morgan fingerprint density at radius 1 is 1.44 bits per heavy atom. The zero-order chi connectivity index (χ0) is 13.3. The second kappa shape index (κ2) is 5.22. The number of esters is 1. The van der Waals surface area contributed by atoms with Gasteiger partial charge in [-0.2, -0.15) is 0 Å². The van der Waals surface area contributed by atoms with Crippen molar-refractivity contribution in [3.8, 4) is 0 Å². The summed E-state index contributed by atoms with van der Waals surface area (Å²) >= 11 is 2.11. The molecular formula is C12H17IO5. The molecule has 0 N–H and O–H groups in total. The van der Waals surface area contributed by atoms with Crippen LogP contribution in [-0.2, 0) is 19.0 Å². The van der Waals surface area contributed by atoms with Crippen LogP contribution in [0.15, 0.2) is 0 Å². The minimum absolute atomic E-state index is 0.162. The Morgan fingerprint density at radius 2 is 2.11 bits per heavy atom. The number of carbonyl (C=O) groups is 2. The number of hydrogen-bond donors (Lipinski definition) is 0. The van der Waals surface area contributed by atoms with Gasteiger partial charge in [-0.15, -0.1) is 0 Å². The molecule has 2 fully saturated rings. The van der Waals surface area contributed by atoms with Crippen LogP contribution in [0.3, 0.4) is 0 Å². The molecule has 1 aliphatic carbocycles. The van der Waals surface area contributed by atoms with Crippen molar-refractivity contribution in [1.29, 1.82) is 0 Å². The van der Waals surface area contributed by atoms with E-state index in [0.717, 1.165) is 12.8 Å². The molecule has 18 heavy (non-hydrogen) atoms. The molecule has 0 amide bonds. The van der Waals surface area contributed by atoms with Crippen molar-refractivity contribution in [2.24, 2.45) is 0 Å². The zero-order valence-electron chi connectivity index (χ0n) is 10.5. The summed E-state index contributed by atoms with van der Waals surface area (Å²) in [7, 11) is 0. The van der Waals surface area contributed by atoms with E-state index in [9.17, 15) is 9.59 Å². The average molecular weight is 368 g/mol. The second-order valence-electron chi connectivity index (χ2n) is 4.95. The third-order valence-corrected chi connectivity index (χ3v) is 4.74. The Hall–Kier alpha value is -0.530. The monoisotopic (exact) mass is 368 g/mol. The van der Waals surface area contributed by atoms with Crippen molar-refractivity contribution in [1.82, 2.24) is 0 Å².